The lowest BCUT2D eigenvalue weighted by Crippen LogP contribution is -2.51. The molecule has 2 rings (SSSR count). The minimum atomic E-state index is 0.0578. The van der Waals surface area contributed by atoms with E-state index in [1.807, 2.05) is 13.1 Å². The molecule has 0 bridgehead atoms. The van der Waals surface area contributed by atoms with Crippen LogP contribution in [0.4, 0.5) is 5.82 Å². The van der Waals surface area contributed by atoms with Gasteiger partial charge in [-0.1, -0.05) is 13.0 Å². The molecule has 1 unspecified atom stereocenters. The maximum atomic E-state index is 5.84. The van der Waals surface area contributed by atoms with Crippen molar-refractivity contribution in [2.24, 2.45) is 5.73 Å². The Morgan fingerprint density at radius 3 is 2.72 bits per heavy atom. The number of aromatic nitrogens is 1. The summed E-state index contributed by atoms with van der Waals surface area (Å²) in [5, 5.41) is 0. The average Bonchev–Trinajstić information content (AvgIpc) is 2.38. The van der Waals surface area contributed by atoms with Crippen molar-refractivity contribution < 1.29 is 0 Å². The molecule has 1 saturated heterocycles. The number of hydrogen-bond donors (Lipinski definition) is 1. The predicted octanol–water partition coefficient (Wildman–Crippen LogP) is 1.63. The third-order valence-corrected chi connectivity index (χ3v) is 3.79. The third kappa shape index (κ3) is 2.82. The van der Waals surface area contributed by atoms with E-state index in [0.29, 0.717) is 6.04 Å². The Morgan fingerprint density at radius 1 is 1.44 bits per heavy atom. The highest BCUT2D eigenvalue weighted by atomic mass is 15.3. The molecule has 0 amide bonds. The van der Waals surface area contributed by atoms with E-state index in [-0.39, 0.29) is 6.04 Å². The van der Waals surface area contributed by atoms with Gasteiger partial charge in [-0.05, 0) is 32.0 Å². The molecule has 0 aromatic carbocycles. The van der Waals surface area contributed by atoms with Crippen LogP contribution in [-0.2, 0) is 0 Å². The molecule has 0 aliphatic carbocycles. The van der Waals surface area contributed by atoms with Crippen LogP contribution < -0.4 is 10.6 Å². The molecule has 4 heteroatoms. The molecule has 0 spiro atoms. The monoisotopic (exact) mass is 248 g/mol. The van der Waals surface area contributed by atoms with E-state index in [2.05, 4.69) is 40.8 Å². The van der Waals surface area contributed by atoms with E-state index >= 15 is 0 Å². The fourth-order valence-corrected chi connectivity index (χ4v) is 2.53. The van der Waals surface area contributed by atoms with Gasteiger partial charge in [0, 0.05) is 37.9 Å². The van der Waals surface area contributed by atoms with Gasteiger partial charge in [0.05, 0.1) is 0 Å². The highest BCUT2D eigenvalue weighted by Gasteiger charge is 2.22. The van der Waals surface area contributed by atoms with Gasteiger partial charge in [-0.25, -0.2) is 4.98 Å². The van der Waals surface area contributed by atoms with E-state index in [4.69, 9.17) is 5.73 Å². The van der Waals surface area contributed by atoms with Crippen molar-refractivity contribution in [2.45, 2.75) is 32.9 Å². The van der Waals surface area contributed by atoms with E-state index in [1.54, 1.807) is 0 Å². The number of pyridine rings is 1. The largest absolute Gasteiger partial charge is 0.354 e. The van der Waals surface area contributed by atoms with Gasteiger partial charge < -0.3 is 10.6 Å². The maximum Gasteiger partial charge on any atom is 0.128 e. The van der Waals surface area contributed by atoms with Crippen LogP contribution in [0.2, 0.25) is 0 Å². The summed E-state index contributed by atoms with van der Waals surface area (Å²) >= 11 is 0. The van der Waals surface area contributed by atoms with Gasteiger partial charge in [0.15, 0.2) is 0 Å². The van der Waals surface area contributed by atoms with Crippen LogP contribution in [-0.4, -0.2) is 42.1 Å². The molecule has 2 atom stereocenters. The van der Waals surface area contributed by atoms with Gasteiger partial charge in [0.2, 0.25) is 0 Å². The summed E-state index contributed by atoms with van der Waals surface area (Å²) < 4.78 is 0. The Labute approximate surface area is 110 Å². The fourth-order valence-electron chi connectivity index (χ4n) is 2.53. The van der Waals surface area contributed by atoms with Crippen LogP contribution in [0.5, 0.6) is 0 Å². The zero-order chi connectivity index (χ0) is 13.1. The zero-order valence-corrected chi connectivity index (χ0v) is 11.6. The number of nitrogens with zero attached hydrogens (tertiary/aromatic N) is 3. The van der Waals surface area contributed by atoms with Gasteiger partial charge in [0.25, 0.3) is 0 Å². The quantitative estimate of drug-likeness (QED) is 0.883. The van der Waals surface area contributed by atoms with Crippen molar-refractivity contribution in [3.8, 4) is 0 Å². The van der Waals surface area contributed by atoms with Crippen molar-refractivity contribution in [2.75, 3.05) is 31.1 Å². The van der Waals surface area contributed by atoms with Crippen molar-refractivity contribution >= 4 is 5.82 Å². The molecule has 4 nitrogen and oxygen atoms in total. The number of anilines is 1. The lowest BCUT2D eigenvalue weighted by molar-refractivity contribution is 0.199. The third-order valence-electron chi connectivity index (χ3n) is 3.79. The first kappa shape index (κ1) is 13.3. The van der Waals surface area contributed by atoms with Gasteiger partial charge >= 0.3 is 0 Å². The summed E-state index contributed by atoms with van der Waals surface area (Å²) in [7, 11) is 0. The van der Waals surface area contributed by atoms with Crippen molar-refractivity contribution in [1.29, 1.82) is 0 Å². The highest BCUT2D eigenvalue weighted by molar-refractivity contribution is 5.40. The molecule has 2 heterocycles. The molecule has 100 valence electrons. The minimum absolute atomic E-state index is 0.0578. The smallest absolute Gasteiger partial charge is 0.128 e. The topological polar surface area (TPSA) is 45.4 Å². The van der Waals surface area contributed by atoms with E-state index in [0.717, 1.165) is 37.6 Å². The molecular formula is C14H24N4. The van der Waals surface area contributed by atoms with Crippen LogP contribution in [0.15, 0.2) is 18.3 Å². The molecule has 0 saturated carbocycles. The summed E-state index contributed by atoms with van der Waals surface area (Å²) in [6.45, 7) is 10.9. The molecule has 1 fully saturated rings. The van der Waals surface area contributed by atoms with Gasteiger partial charge in [-0.3, -0.25) is 4.90 Å². The Hall–Kier alpha value is -1.13. The van der Waals surface area contributed by atoms with E-state index in [1.165, 1.54) is 0 Å². The van der Waals surface area contributed by atoms with Gasteiger partial charge in [-0.2, -0.15) is 0 Å². The summed E-state index contributed by atoms with van der Waals surface area (Å²) in [6.07, 6.45) is 1.90. The molecule has 2 N–H and O–H groups in total. The lowest BCUT2D eigenvalue weighted by Gasteiger charge is -2.39. The number of rotatable bonds is 3. The standard InChI is InChI=1S/C14H24N4/c1-4-17-7-8-18(10-11(17)2)14-6-5-13(9-16-14)12(3)15/h5-6,9,11-12H,4,7-8,10,15H2,1-3H3/t11?,12-/m1/s1. The summed E-state index contributed by atoms with van der Waals surface area (Å²) in [5.41, 5.74) is 6.94. The van der Waals surface area contributed by atoms with E-state index in [9.17, 15) is 0 Å². The molecule has 1 aromatic rings. The predicted molar refractivity (Wildman–Crippen MR) is 75.8 cm³/mol. The van der Waals surface area contributed by atoms with Crippen LogP contribution in [0, 0.1) is 0 Å². The fraction of sp³-hybridized carbons (Fsp3) is 0.643. The Balaban J connectivity index is 2.04. The first-order chi connectivity index (χ1) is 8.61. The number of likely N-dealkylation sites (N-methyl/N-ethyl adjacent to an activating group) is 1. The molecular weight excluding hydrogens is 224 g/mol. The van der Waals surface area contributed by atoms with Gasteiger partial charge in [-0.15, -0.1) is 0 Å². The first-order valence-corrected chi connectivity index (χ1v) is 6.82. The average molecular weight is 248 g/mol. The first-order valence-electron chi connectivity index (χ1n) is 6.82. The molecule has 0 radical (unpaired) electrons. The van der Waals surface area contributed by atoms with Crippen LogP contribution in [0.25, 0.3) is 0 Å². The highest BCUT2D eigenvalue weighted by Crippen LogP contribution is 2.18. The zero-order valence-electron chi connectivity index (χ0n) is 11.6. The minimum Gasteiger partial charge on any atom is -0.354 e. The molecule has 1 aliphatic heterocycles. The van der Waals surface area contributed by atoms with Crippen molar-refractivity contribution in [1.82, 2.24) is 9.88 Å². The molecule has 18 heavy (non-hydrogen) atoms. The van der Waals surface area contributed by atoms with Gasteiger partial charge in [0.1, 0.15) is 5.82 Å². The summed E-state index contributed by atoms with van der Waals surface area (Å²) in [5.74, 6) is 1.07. The van der Waals surface area contributed by atoms with Crippen LogP contribution >= 0.6 is 0 Å². The Kier molecular flexibility index (Phi) is 4.19. The summed E-state index contributed by atoms with van der Waals surface area (Å²) in [4.78, 5) is 9.41. The second kappa shape index (κ2) is 5.67. The van der Waals surface area contributed by atoms with Crippen LogP contribution in [0.1, 0.15) is 32.4 Å². The summed E-state index contributed by atoms with van der Waals surface area (Å²) in [6, 6.07) is 4.83. The Morgan fingerprint density at radius 2 is 2.22 bits per heavy atom. The lowest BCUT2D eigenvalue weighted by atomic mass is 10.1. The van der Waals surface area contributed by atoms with Crippen molar-refractivity contribution in [3.05, 3.63) is 23.9 Å². The normalized spacial score (nSPS) is 23.1. The Bertz CT molecular complexity index is 374. The molecule has 1 aliphatic rings. The maximum absolute atomic E-state index is 5.84. The van der Waals surface area contributed by atoms with E-state index < -0.39 is 0 Å². The van der Waals surface area contributed by atoms with Crippen molar-refractivity contribution in [3.63, 3.8) is 0 Å². The number of piperazine rings is 1. The molecule has 1 aromatic heterocycles. The SMILES string of the molecule is CCN1CCN(c2ccc([C@@H](C)N)cn2)CC1C. The second-order valence-corrected chi connectivity index (χ2v) is 5.16. The van der Waals surface area contributed by atoms with Crippen LogP contribution in [0.3, 0.4) is 0 Å². The second-order valence-electron chi connectivity index (χ2n) is 5.16. The number of hydrogen-bond acceptors (Lipinski definition) is 4. The number of nitrogens with two attached hydrogens (primary N) is 1.